The molecule has 3 fully saturated rings. The van der Waals surface area contributed by atoms with Crippen molar-refractivity contribution < 1.29 is 13.2 Å². The molecule has 2 saturated heterocycles. The van der Waals surface area contributed by atoms with Crippen molar-refractivity contribution in [3.05, 3.63) is 47.7 Å². The molecule has 1 saturated carbocycles. The van der Waals surface area contributed by atoms with Crippen molar-refractivity contribution in [2.45, 2.75) is 87.5 Å². The van der Waals surface area contributed by atoms with E-state index in [1.807, 2.05) is 24.3 Å². The van der Waals surface area contributed by atoms with Crippen molar-refractivity contribution in [3.63, 3.8) is 0 Å². The van der Waals surface area contributed by atoms with Gasteiger partial charge in [0.25, 0.3) is 0 Å². The highest BCUT2D eigenvalue weighted by Gasteiger charge is 2.47. The van der Waals surface area contributed by atoms with E-state index >= 15 is 0 Å². The minimum absolute atomic E-state index is 0.00555. The lowest BCUT2D eigenvalue weighted by molar-refractivity contribution is 0.325. The Morgan fingerprint density at radius 1 is 1.05 bits per heavy atom. The molecule has 38 heavy (non-hydrogen) atoms. The zero-order chi connectivity index (χ0) is 26.1. The van der Waals surface area contributed by atoms with Gasteiger partial charge in [-0.15, -0.1) is 0 Å². The fourth-order valence-corrected chi connectivity index (χ4v) is 8.16. The van der Waals surface area contributed by atoms with Gasteiger partial charge in [-0.1, -0.05) is 56.1 Å². The van der Waals surface area contributed by atoms with Crippen LogP contribution < -0.4 is 15.4 Å². The third-order valence-electron chi connectivity index (χ3n) is 8.20. The van der Waals surface area contributed by atoms with E-state index < -0.39 is 10.0 Å². The molecule has 204 valence electrons. The Morgan fingerprint density at radius 2 is 1.82 bits per heavy atom. The number of benzene rings is 1. The van der Waals surface area contributed by atoms with E-state index in [9.17, 15) is 8.42 Å². The summed E-state index contributed by atoms with van der Waals surface area (Å²) in [6.45, 7) is 3.80. The second-order valence-electron chi connectivity index (χ2n) is 10.9. The van der Waals surface area contributed by atoms with Crippen LogP contribution in [-0.4, -0.2) is 49.8 Å². The smallest absolute Gasteiger partial charge is 0.240 e. The Bertz CT molecular complexity index is 1350. The van der Waals surface area contributed by atoms with E-state index in [-0.39, 0.29) is 24.3 Å². The fourth-order valence-electron chi connectivity index (χ4n) is 5.97. The molecular weight excluding hydrogens is 518 g/mol. The van der Waals surface area contributed by atoms with Crippen molar-refractivity contribution >= 4 is 36.8 Å². The highest BCUT2D eigenvalue weighted by atomic mass is 32.2. The van der Waals surface area contributed by atoms with Gasteiger partial charge in [-0.2, -0.15) is 0 Å². The van der Waals surface area contributed by atoms with Gasteiger partial charge in [-0.25, -0.2) is 23.1 Å². The van der Waals surface area contributed by atoms with E-state index in [1.165, 1.54) is 25.7 Å². The first-order valence-corrected chi connectivity index (χ1v) is 16.3. The van der Waals surface area contributed by atoms with Gasteiger partial charge in [-0.05, 0) is 74.5 Å². The molecule has 3 aromatic rings. The fraction of sp³-hybridized carbons (Fsp3) is 0.571. The molecule has 4 heterocycles. The van der Waals surface area contributed by atoms with E-state index in [1.54, 1.807) is 23.5 Å². The predicted octanol–water partition coefficient (Wildman–Crippen LogP) is 4.78. The standard InChI is InChI=1S/C28H37N5O3S2/c1-2-20-9-12-24-27(30-20)37-28(31-24)32-26-25(36-26)23(17-18-5-3-4-6-18)19-7-10-22(11-8-19)38(34,35)33-21-13-15-29-16-14-21/h7-12,18,21,23,25-26,29,33H,2-6,13-17H2,1H3,(H,31,32). The van der Waals surface area contributed by atoms with Gasteiger partial charge in [0.05, 0.1) is 4.90 Å². The molecule has 3 unspecified atom stereocenters. The summed E-state index contributed by atoms with van der Waals surface area (Å²) in [6, 6.07) is 11.6. The highest BCUT2D eigenvalue weighted by Crippen LogP contribution is 2.44. The molecule has 6 rings (SSSR count). The average molecular weight is 556 g/mol. The van der Waals surface area contributed by atoms with Gasteiger partial charge in [0.15, 0.2) is 11.4 Å². The summed E-state index contributed by atoms with van der Waals surface area (Å²) in [5, 5.41) is 7.59. The molecule has 10 heteroatoms. The van der Waals surface area contributed by atoms with Crippen LogP contribution in [0, 0.1) is 5.92 Å². The molecule has 3 N–H and O–H groups in total. The van der Waals surface area contributed by atoms with Crippen LogP contribution in [0.15, 0.2) is 41.3 Å². The van der Waals surface area contributed by atoms with Crippen LogP contribution in [0.4, 0.5) is 5.13 Å². The van der Waals surface area contributed by atoms with Crippen molar-refractivity contribution in [1.29, 1.82) is 0 Å². The maximum Gasteiger partial charge on any atom is 0.240 e. The maximum absolute atomic E-state index is 13.0. The minimum atomic E-state index is -3.53. The van der Waals surface area contributed by atoms with Gasteiger partial charge in [0.2, 0.25) is 10.0 Å². The topological polar surface area (TPSA) is 109 Å². The van der Waals surface area contributed by atoms with Crippen LogP contribution in [0.5, 0.6) is 0 Å². The first kappa shape index (κ1) is 26.1. The lowest BCUT2D eigenvalue weighted by atomic mass is 9.85. The summed E-state index contributed by atoms with van der Waals surface area (Å²) in [7, 11) is -3.53. The van der Waals surface area contributed by atoms with E-state index in [2.05, 4.69) is 22.3 Å². The number of pyridine rings is 1. The molecule has 3 aliphatic rings. The van der Waals surface area contributed by atoms with Crippen LogP contribution in [0.1, 0.15) is 69.0 Å². The van der Waals surface area contributed by atoms with Gasteiger partial charge < -0.3 is 15.4 Å². The first-order chi connectivity index (χ1) is 18.5. The molecule has 0 spiro atoms. The molecule has 8 nitrogen and oxygen atoms in total. The summed E-state index contributed by atoms with van der Waals surface area (Å²) in [4.78, 5) is 10.7. The SMILES string of the molecule is CCc1ccc2nc(NC3OC3C(CC3CCCC3)c3ccc(S(=O)(=O)NC4CCNCC4)cc3)sc2n1. The lowest BCUT2D eigenvalue weighted by Crippen LogP contribution is -2.42. The molecule has 2 aliphatic heterocycles. The van der Waals surface area contributed by atoms with Crippen molar-refractivity contribution in [1.82, 2.24) is 20.0 Å². The van der Waals surface area contributed by atoms with E-state index in [0.717, 1.165) is 65.5 Å². The maximum atomic E-state index is 13.0. The predicted molar refractivity (Wildman–Crippen MR) is 151 cm³/mol. The number of aryl methyl sites for hydroxylation is 1. The molecule has 0 radical (unpaired) electrons. The largest absolute Gasteiger partial charge is 0.347 e. The van der Waals surface area contributed by atoms with Crippen molar-refractivity contribution in [2.24, 2.45) is 5.92 Å². The Hall–Kier alpha value is -2.11. The number of hydrogen-bond acceptors (Lipinski definition) is 8. The molecule has 1 aromatic carbocycles. The lowest BCUT2D eigenvalue weighted by Gasteiger charge is -2.24. The van der Waals surface area contributed by atoms with Crippen LogP contribution >= 0.6 is 11.3 Å². The molecule has 2 aromatic heterocycles. The van der Waals surface area contributed by atoms with Gasteiger partial charge in [-0.3, -0.25) is 0 Å². The first-order valence-electron chi connectivity index (χ1n) is 14.0. The number of anilines is 1. The Morgan fingerprint density at radius 3 is 2.55 bits per heavy atom. The molecule has 3 atom stereocenters. The molecule has 0 amide bonds. The second-order valence-corrected chi connectivity index (χ2v) is 13.6. The van der Waals surface area contributed by atoms with Crippen LogP contribution in [0.2, 0.25) is 0 Å². The summed E-state index contributed by atoms with van der Waals surface area (Å²) >= 11 is 1.57. The molecule has 0 bridgehead atoms. The summed E-state index contributed by atoms with van der Waals surface area (Å²) in [6.07, 6.45) is 8.65. The zero-order valence-corrected chi connectivity index (χ0v) is 23.5. The van der Waals surface area contributed by atoms with E-state index in [0.29, 0.717) is 10.8 Å². The Labute approximate surface area is 229 Å². The summed E-state index contributed by atoms with van der Waals surface area (Å²) < 4.78 is 35.1. The average Bonchev–Trinajstić information content (AvgIpc) is 3.29. The van der Waals surface area contributed by atoms with Gasteiger partial charge in [0, 0.05) is 17.7 Å². The summed E-state index contributed by atoms with van der Waals surface area (Å²) in [5.74, 6) is 0.901. The van der Waals surface area contributed by atoms with E-state index in [4.69, 9.17) is 14.7 Å². The Balaban J connectivity index is 1.16. The van der Waals surface area contributed by atoms with Gasteiger partial charge in [0.1, 0.15) is 16.5 Å². The number of aromatic nitrogens is 2. The number of piperidine rings is 1. The zero-order valence-electron chi connectivity index (χ0n) is 21.9. The molecular formula is C28H37N5O3S2. The van der Waals surface area contributed by atoms with Crippen LogP contribution in [-0.2, 0) is 21.2 Å². The monoisotopic (exact) mass is 555 g/mol. The normalized spacial score (nSPS) is 23.6. The number of thiazole rings is 1. The molecule has 1 aliphatic carbocycles. The third kappa shape index (κ3) is 5.89. The highest BCUT2D eigenvalue weighted by molar-refractivity contribution is 7.89. The van der Waals surface area contributed by atoms with Crippen LogP contribution in [0.25, 0.3) is 10.3 Å². The number of sulfonamides is 1. The third-order valence-corrected chi connectivity index (χ3v) is 10.6. The minimum Gasteiger partial charge on any atom is -0.347 e. The summed E-state index contributed by atoms with van der Waals surface area (Å²) in [5.41, 5.74) is 3.12. The number of rotatable bonds is 10. The van der Waals surface area contributed by atoms with Crippen molar-refractivity contribution in [3.8, 4) is 0 Å². The number of ether oxygens (including phenoxy) is 1. The number of nitrogens with zero attached hydrogens (tertiary/aromatic N) is 2. The number of hydrogen-bond donors (Lipinski definition) is 3. The number of epoxide rings is 1. The van der Waals surface area contributed by atoms with Crippen molar-refractivity contribution in [2.75, 3.05) is 18.4 Å². The Kier molecular flexibility index (Phi) is 7.68. The van der Waals surface area contributed by atoms with Gasteiger partial charge >= 0.3 is 0 Å². The quantitative estimate of drug-likeness (QED) is 0.309. The van der Waals surface area contributed by atoms with Crippen LogP contribution in [0.3, 0.4) is 0 Å². The number of fused-ring (bicyclic) bond motifs is 1. The number of nitrogens with one attached hydrogen (secondary N) is 3. The second kappa shape index (κ2) is 11.2.